The maximum absolute atomic E-state index is 12.0. The minimum Gasteiger partial charge on any atom is -0.486 e. The number of carbonyl (C=O) groups is 1. The summed E-state index contributed by atoms with van der Waals surface area (Å²) in [5.74, 6) is 2.02. The maximum Gasteiger partial charge on any atom is 0.253 e. The number of nitrogens with zero attached hydrogens (tertiary/aromatic N) is 1. The number of rotatable bonds is 4. The Morgan fingerprint density at radius 1 is 1.04 bits per heavy atom. The van der Waals surface area contributed by atoms with E-state index in [1.807, 2.05) is 24.3 Å². The second-order valence-electron chi connectivity index (χ2n) is 5.91. The summed E-state index contributed by atoms with van der Waals surface area (Å²) < 4.78 is 16.4. The highest BCUT2D eigenvalue weighted by atomic mass is 16.6. The Morgan fingerprint density at radius 3 is 2.64 bits per heavy atom. The molecule has 2 N–H and O–H groups in total. The fraction of sp³-hybridized carbons (Fsp3) is 0.333. The smallest absolute Gasteiger partial charge is 0.253 e. The van der Waals surface area contributed by atoms with E-state index in [0.717, 1.165) is 30.0 Å². The first kappa shape index (κ1) is 15.7. The van der Waals surface area contributed by atoms with Gasteiger partial charge in [0.05, 0.1) is 11.9 Å². The number of carbonyl (C=O) groups excluding carboxylic acids is 1. The predicted octanol–water partition coefficient (Wildman–Crippen LogP) is 2.71. The molecule has 1 aromatic heterocycles. The monoisotopic (exact) mass is 341 g/mol. The summed E-state index contributed by atoms with van der Waals surface area (Å²) in [6.07, 6.45) is 2.96. The molecular weight excluding hydrogens is 322 g/mol. The molecule has 2 aliphatic rings. The fourth-order valence-electron chi connectivity index (χ4n) is 2.82. The summed E-state index contributed by atoms with van der Waals surface area (Å²) >= 11 is 0. The van der Waals surface area contributed by atoms with E-state index >= 15 is 0 Å². The van der Waals surface area contributed by atoms with Gasteiger partial charge in [0.2, 0.25) is 0 Å². The molecule has 0 saturated carbocycles. The SMILES string of the molecule is O=C(Nc1ccc(Nc2ccc3c(c2)OCCO3)nc1)C1CCCO1. The second kappa shape index (κ2) is 6.98. The van der Waals surface area contributed by atoms with Crippen LogP contribution in [0.4, 0.5) is 17.2 Å². The van der Waals surface area contributed by atoms with E-state index in [0.29, 0.717) is 31.3 Å². The molecule has 130 valence electrons. The number of amides is 1. The van der Waals surface area contributed by atoms with Crippen LogP contribution >= 0.6 is 0 Å². The van der Waals surface area contributed by atoms with Crippen molar-refractivity contribution in [1.29, 1.82) is 0 Å². The quantitative estimate of drug-likeness (QED) is 0.890. The average molecular weight is 341 g/mol. The van der Waals surface area contributed by atoms with E-state index in [4.69, 9.17) is 14.2 Å². The molecule has 0 radical (unpaired) electrons. The summed E-state index contributed by atoms with van der Waals surface area (Å²) in [7, 11) is 0. The van der Waals surface area contributed by atoms with Crippen molar-refractivity contribution in [3.63, 3.8) is 0 Å². The van der Waals surface area contributed by atoms with E-state index in [9.17, 15) is 4.79 Å². The lowest BCUT2D eigenvalue weighted by Crippen LogP contribution is -2.26. The molecule has 25 heavy (non-hydrogen) atoms. The number of aromatic nitrogens is 1. The molecule has 1 unspecified atom stereocenters. The number of hydrogen-bond donors (Lipinski definition) is 2. The first-order valence-corrected chi connectivity index (χ1v) is 8.33. The van der Waals surface area contributed by atoms with Crippen LogP contribution in [0.15, 0.2) is 36.5 Å². The topological polar surface area (TPSA) is 81.7 Å². The Balaban J connectivity index is 1.39. The van der Waals surface area contributed by atoms with E-state index in [1.54, 1.807) is 12.3 Å². The minimum absolute atomic E-state index is 0.119. The van der Waals surface area contributed by atoms with E-state index < -0.39 is 0 Å². The molecule has 3 heterocycles. The van der Waals surface area contributed by atoms with Crippen LogP contribution in [-0.4, -0.2) is 36.8 Å². The van der Waals surface area contributed by atoms with Crippen LogP contribution in [0.2, 0.25) is 0 Å². The van der Waals surface area contributed by atoms with Gasteiger partial charge in [0.15, 0.2) is 11.5 Å². The molecule has 7 heteroatoms. The number of ether oxygens (including phenoxy) is 3. The second-order valence-corrected chi connectivity index (χ2v) is 5.91. The minimum atomic E-state index is -0.351. The van der Waals surface area contributed by atoms with Crippen molar-refractivity contribution in [3.8, 4) is 11.5 Å². The Bertz CT molecular complexity index is 757. The molecule has 0 spiro atoms. The normalized spacial score (nSPS) is 18.6. The summed E-state index contributed by atoms with van der Waals surface area (Å²) in [6.45, 7) is 1.77. The first-order chi connectivity index (χ1) is 12.3. The Morgan fingerprint density at radius 2 is 1.88 bits per heavy atom. The third-order valence-electron chi connectivity index (χ3n) is 4.07. The molecule has 4 rings (SSSR count). The highest BCUT2D eigenvalue weighted by molar-refractivity contribution is 5.94. The zero-order valence-corrected chi connectivity index (χ0v) is 13.7. The largest absolute Gasteiger partial charge is 0.486 e. The summed E-state index contributed by atoms with van der Waals surface area (Å²) in [6, 6.07) is 9.26. The lowest BCUT2D eigenvalue weighted by molar-refractivity contribution is -0.124. The van der Waals surface area contributed by atoms with Crippen molar-refractivity contribution in [2.24, 2.45) is 0 Å². The van der Waals surface area contributed by atoms with Gasteiger partial charge in [0.25, 0.3) is 5.91 Å². The van der Waals surface area contributed by atoms with Crippen molar-refractivity contribution in [2.45, 2.75) is 18.9 Å². The summed E-state index contributed by atoms with van der Waals surface area (Å²) in [5, 5.41) is 6.03. The first-order valence-electron chi connectivity index (χ1n) is 8.33. The number of anilines is 3. The van der Waals surface area contributed by atoms with Gasteiger partial charge in [-0.2, -0.15) is 0 Å². The standard InChI is InChI=1S/C18H19N3O4/c22-18(15-2-1-7-23-15)21-13-4-6-17(19-11-13)20-12-3-5-14-16(10-12)25-9-8-24-14/h3-6,10-11,15H,1-2,7-9H2,(H,19,20)(H,21,22). The van der Waals surface area contributed by atoms with Crippen molar-refractivity contribution in [2.75, 3.05) is 30.5 Å². The summed E-state index contributed by atoms with van der Waals surface area (Å²) in [4.78, 5) is 16.3. The summed E-state index contributed by atoms with van der Waals surface area (Å²) in [5.41, 5.74) is 1.50. The van der Waals surface area contributed by atoms with Crippen molar-refractivity contribution in [3.05, 3.63) is 36.5 Å². The van der Waals surface area contributed by atoms with Crippen LogP contribution in [0, 0.1) is 0 Å². The molecule has 1 amide bonds. The van der Waals surface area contributed by atoms with Gasteiger partial charge < -0.3 is 24.8 Å². The van der Waals surface area contributed by atoms with E-state index in [2.05, 4.69) is 15.6 Å². The van der Waals surface area contributed by atoms with Crippen LogP contribution in [0.3, 0.4) is 0 Å². The predicted molar refractivity (Wildman–Crippen MR) is 92.6 cm³/mol. The van der Waals surface area contributed by atoms with Crippen molar-refractivity contribution in [1.82, 2.24) is 4.98 Å². The lowest BCUT2D eigenvalue weighted by Gasteiger charge is -2.19. The highest BCUT2D eigenvalue weighted by Gasteiger charge is 2.23. The van der Waals surface area contributed by atoms with Gasteiger partial charge in [0, 0.05) is 18.4 Å². The third kappa shape index (κ3) is 3.66. The van der Waals surface area contributed by atoms with Gasteiger partial charge in [-0.3, -0.25) is 4.79 Å². The van der Waals surface area contributed by atoms with Gasteiger partial charge in [-0.15, -0.1) is 0 Å². The zero-order valence-electron chi connectivity index (χ0n) is 13.7. The van der Waals surface area contributed by atoms with Gasteiger partial charge in [-0.1, -0.05) is 0 Å². The van der Waals surface area contributed by atoms with Gasteiger partial charge in [-0.05, 0) is 37.1 Å². The average Bonchev–Trinajstić information content (AvgIpc) is 3.18. The van der Waals surface area contributed by atoms with Crippen LogP contribution in [0.1, 0.15) is 12.8 Å². The molecular formula is C18H19N3O4. The molecule has 0 aliphatic carbocycles. The van der Waals surface area contributed by atoms with Crippen molar-refractivity contribution < 1.29 is 19.0 Å². The highest BCUT2D eigenvalue weighted by Crippen LogP contribution is 2.33. The van der Waals surface area contributed by atoms with Crippen LogP contribution in [-0.2, 0) is 9.53 Å². The molecule has 0 bridgehead atoms. The fourth-order valence-corrected chi connectivity index (χ4v) is 2.82. The molecule has 7 nitrogen and oxygen atoms in total. The molecule has 2 aromatic rings. The Labute approximate surface area is 145 Å². The third-order valence-corrected chi connectivity index (χ3v) is 4.07. The Hall–Kier alpha value is -2.80. The van der Waals surface area contributed by atoms with Gasteiger partial charge in [-0.25, -0.2) is 4.98 Å². The van der Waals surface area contributed by atoms with Crippen LogP contribution < -0.4 is 20.1 Å². The lowest BCUT2D eigenvalue weighted by atomic mass is 10.2. The number of benzene rings is 1. The molecule has 2 aliphatic heterocycles. The Kier molecular flexibility index (Phi) is 4.39. The molecule has 1 aromatic carbocycles. The van der Waals surface area contributed by atoms with Crippen molar-refractivity contribution >= 4 is 23.1 Å². The molecule has 1 atom stereocenters. The molecule has 1 saturated heterocycles. The van der Waals surface area contributed by atoms with Crippen LogP contribution in [0.5, 0.6) is 11.5 Å². The van der Waals surface area contributed by atoms with Gasteiger partial charge >= 0.3 is 0 Å². The van der Waals surface area contributed by atoms with E-state index in [1.165, 1.54) is 0 Å². The number of fused-ring (bicyclic) bond motifs is 1. The van der Waals surface area contributed by atoms with E-state index in [-0.39, 0.29) is 12.0 Å². The van der Waals surface area contributed by atoms with Gasteiger partial charge in [0.1, 0.15) is 25.1 Å². The van der Waals surface area contributed by atoms with Crippen LogP contribution in [0.25, 0.3) is 0 Å². The molecule has 1 fully saturated rings. The zero-order chi connectivity index (χ0) is 17.1. The number of nitrogens with one attached hydrogen (secondary N) is 2. The maximum atomic E-state index is 12.0. The number of hydrogen-bond acceptors (Lipinski definition) is 6. The number of pyridine rings is 1.